The van der Waals surface area contributed by atoms with Crippen molar-refractivity contribution in [3.63, 3.8) is 0 Å². The largest absolute Gasteiger partial charge is 0.366 e. The molecule has 1 saturated heterocycles. The van der Waals surface area contributed by atoms with E-state index in [1.807, 2.05) is 19.2 Å². The lowest BCUT2D eigenvalue weighted by molar-refractivity contribution is -0.133. The summed E-state index contributed by atoms with van der Waals surface area (Å²) >= 11 is 0. The van der Waals surface area contributed by atoms with E-state index in [1.54, 1.807) is 0 Å². The second-order valence-corrected chi connectivity index (χ2v) is 6.39. The Morgan fingerprint density at radius 2 is 1.79 bits per heavy atom. The molecular weight excluding hydrogens is 240 g/mol. The molecule has 0 unspecified atom stereocenters. The Morgan fingerprint density at radius 1 is 1.16 bits per heavy atom. The Labute approximate surface area is 115 Å². The van der Waals surface area contributed by atoms with Crippen LogP contribution in [0.25, 0.3) is 0 Å². The van der Waals surface area contributed by atoms with Gasteiger partial charge in [0, 0.05) is 19.6 Å². The first-order valence-electron chi connectivity index (χ1n) is 6.74. The van der Waals surface area contributed by atoms with Crippen LogP contribution < -0.4 is 10.2 Å². The number of rotatable bonds is 3. The lowest BCUT2D eigenvalue weighted by Crippen LogP contribution is -2.57. The SMILES string of the molecule is CNCc1ccc(N2CC(C)(C)OC(C)(C)C2)nn1. The predicted molar refractivity (Wildman–Crippen MR) is 76.3 cm³/mol. The van der Waals surface area contributed by atoms with E-state index >= 15 is 0 Å². The van der Waals surface area contributed by atoms with Crippen molar-refractivity contribution < 1.29 is 4.74 Å². The topological polar surface area (TPSA) is 50.3 Å². The third-order valence-corrected chi connectivity index (χ3v) is 3.08. The Morgan fingerprint density at radius 3 is 2.26 bits per heavy atom. The number of anilines is 1. The van der Waals surface area contributed by atoms with Crippen LogP contribution in [0.5, 0.6) is 0 Å². The number of nitrogens with zero attached hydrogens (tertiary/aromatic N) is 3. The average molecular weight is 264 g/mol. The van der Waals surface area contributed by atoms with Crippen molar-refractivity contribution in [3.05, 3.63) is 17.8 Å². The maximum atomic E-state index is 6.08. The molecule has 0 aliphatic carbocycles. The lowest BCUT2D eigenvalue weighted by atomic mass is 9.99. The summed E-state index contributed by atoms with van der Waals surface area (Å²) < 4.78 is 6.08. The molecule has 5 nitrogen and oxygen atoms in total. The second-order valence-electron chi connectivity index (χ2n) is 6.39. The van der Waals surface area contributed by atoms with Crippen LogP contribution in [-0.2, 0) is 11.3 Å². The summed E-state index contributed by atoms with van der Waals surface area (Å²) in [7, 11) is 1.91. The van der Waals surface area contributed by atoms with Crippen molar-refractivity contribution in [1.82, 2.24) is 15.5 Å². The van der Waals surface area contributed by atoms with Gasteiger partial charge >= 0.3 is 0 Å². The lowest BCUT2D eigenvalue weighted by Gasteiger charge is -2.47. The molecule has 1 aliphatic rings. The Kier molecular flexibility index (Phi) is 3.78. The molecule has 0 bridgehead atoms. The highest BCUT2D eigenvalue weighted by Gasteiger charge is 2.38. The molecule has 0 atom stereocenters. The van der Waals surface area contributed by atoms with Gasteiger partial charge in [-0.1, -0.05) is 0 Å². The predicted octanol–water partition coefficient (Wildman–Crippen LogP) is 1.59. The zero-order valence-electron chi connectivity index (χ0n) is 12.5. The molecule has 0 spiro atoms. The molecular formula is C14H24N4O. The normalized spacial score (nSPS) is 21.4. The third-order valence-electron chi connectivity index (χ3n) is 3.08. The van der Waals surface area contributed by atoms with Gasteiger partial charge in [-0.2, -0.15) is 5.10 Å². The van der Waals surface area contributed by atoms with Gasteiger partial charge in [0.15, 0.2) is 5.82 Å². The fraction of sp³-hybridized carbons (Fsp3) is 0.714. The number of hydrogen-bond acceptors (Lipinski definition) is 5. The molecule has 2 heterocycles. The number of ether oxygens (including phenoxy) is 1. The van der Waals surface area contributed by atoms with E-state index in [9.17, 15) is 0 Å². The van der Waals surface area contributed by atoms with Gasteiger partial charge in [0.25, 0.3) is 0 Å². The molecule has 1 aromatic heterocycles. The summed E-state index contributed by atoms with van der Waals surface area (Å²) in [6.07, 6.45) is 0. The number of morpholine rings is 1. The van der Waals surface area contributed by atoms with E-state index in [2.05, 4.69) is 48.1 Å². The molecule has 106 valence electrons. The van der Waals surface area contributed by atoms with Crippen molar-refractivity contribution >= 4 is 5.82 Å². The Balaban J connectivity index is 2.16. The summed E-state index contributed by atoms with van der Waals surface area (Å²) in [5.41, 5.74) is 0.609. The van der Waals surface area contributed by atoms with Crippen molar-refractivity contribution in [1.29, 1.82) is 0 Å². The Hall–Kier alpha value is -1.20. The van der Waals surface area contributed by atoms with Gasteiger partial charge in [-0.25, -0.2) is 0 Å². The monoisotopic (exact) mass is 264 g/mol. The summed E-state index contributed by atoms with van der Waals surface area (Å²) in [5.74, 6) is 0.921. The average Bonchev–Trinajstić information content (AvgIpc) is 2.26. The quantitative estimate of drug-likeness (QED) is 0.898. The van der Waals surface area contributed by atoms with Crippen LogP contribution in [0.4, 0.5) is 5.82 Å². The van der Waals surface area contributed by atoms with Crippen LogP contribution >= 0.6 is 0 Å². The van der Waals surface area contributed by atoms with E-state index in [4.69, 9.17) is 4.74 Å². The van der Waals surface area contributed by atoms with E-state index in [0.717, 1.165) is 31.1 Å². The molecule has 5 heteroatoms. The van der Waals surface area contributed by atoms with Crippen LogP contribution in [0, 0.1) is 0 Å². The molecule has 0 amide bonds. The smallest absolute Gasteiger partial charge is 0.151 e. The van der Waals surface area contributed by atoms with Crippen molar-refractivity contribution in [2.24, 2.45) is 0 Å². The van der Waals surface area contributed by atoms with E-state index < -0.39 is 0 Å². The zero-order chi connectivity index (χ0) is 14.1. The summed E-state index contributed by atoms with van der Waals surface area (Å²) in [4.78, 5) is 2.25. The summed E-state index contributed by atoms with van der Waals surface area (Å²) in [6.45, 7) is 10.9. The fourth-order valence-corrected chi connectivity index (χ4v) is 2.75. The fourth-order valence-electron chi connectivity index (χ4n) is 2.75. The van der Waals surface area contributed by atoms with Gasteiger partial charge in [-0.15, -0.1) is 5.10 Å². The first kappa shape index (κ1) is 14.2. The van der Waals surface area contributed by atoms with E-state index in [0.29, 0.717) is 0 Å². The maximum Gasteiger partial charge on any atom is 0.151 e. The number of nitrogens with one attached hydrogen (secondary N) is 1. The molecule has 0 aromatic carbocycles. The van der Waals surface area contributed by atoms with Crippen LogP contribution in [-0.4, -0.2) is 41.5 Å². The third kappa shape index (κ3) is 3.64. The molecule has 1 aromatic rings. The van der Waals surface area contributed by atoms with Crippen molar-refractivity contribution in [2.45, 2.75) is 45.4 Å². The summed E-state index contributed by atoms with van der Waals surface area (Å²) in [6, 6.07) is 4.06. The molecule has 1 fully saturated rings. The van der Waals surface area contributed by atoms with Gasteiger partial charge in [-0.05, 0) is 46.9 Å². The van der Waals surface area contributed by atoms with Crippen molar-refractivity contribution in [2.75, 3.05) is 25.0 Å². The van der Waals surface area contributed by atoms with Crippen LogP contribution in [0.3, 0.4) is 0 Å². The molecule has 0 radical (unpaired) electrons. The molecule has 1 aliphatic heterocycles. The minimum absolute atomic E-state index is 0.174. The number of aromatic nitrogens is 2. The standard InChI is InChI=1S/C14H24N4O/c1-13(2)9-18(10-14(3,4)19-13)12-7-6-11(8-15-5)16-17-12/h6-7,15H,8-10H2,1-5H3. The van der Waals surface area contributed by atoms with Gasteiger partial charge in [0.05, 0.1) is 16.9 Å². The summed E-state index contributed by atoms with van der Waals surface area (Å²) in [5, 5.41) is 11.6. The van der Waals surface area contributed by atoms with E-state index in [1.165, 1.54) is 0 Å². The first-order chi connectivity index (χ1) is 8.81. The highest BCUT2D eigenvalue weighted by Crippen LogP contribution is 2.30. The van der Waals surface area contributed by atoms with Crippen molar-refractivity contribution in [3.8, 4) is 0 Å². The minimum Gasteiger partial charge on any atom is -0.366 e. The second kappa shape index (κ2) is 5.06. The van der Waals surface area contributed by atoms with Gasteiger partial charge < -0.3 is 15.0 Å². The highest BCUT2D eigenvalue weighted by atomic mass is 16.5. The van der Waals surface area contributed by atoms with Gasteiger partial charge in [-0.3, -0.25) is 0 Å². The van der Waals surface area contributed by atoms with Crippen LogP contribution in [0.15, 0.2) is 12.1 Å². The highest BCUT2D eigenvalue weighted by molar-refractivity contribution is 5.39. The van der Waals surface area contributed by atoms with Crippen LogP contribution in [0.1, 0.15) is 33.4 Å². The Bertz CT molecular complexity index is 412. The molecule has 0 saturated carbocycles. The maximum absolute atomic E-state index is 6.08. The van der Waals surface area contributed by atoms with Gasteiger partial charge in [0.2, 0.25) is 0 Å². The first-order valence-corrected chi connectivity index (χ1v) is 6.74. The number of hydrogen-bond donors (Lipinski definition) is 1. The molecule has 1 N–H and O–H groups in total. The van der Waals surface area contributed by atoms with Gasteiger partial charge in [0.1, 0.15) is 0 Å². The van der Waals surface area contributed by atoms with E-state index in [-0.39, 0.29) is 11.2 Å². The zero-order valence-corrected chi connectivity index (χ0v) is 12.5. The minimum atomic E-state index is -0.174. The molecule has 19 heavy (non-hydrogen) atoms. The van der Waals surface area contributed by atoms with Crippen LogP contribution in [0.2, 0.25) is 0 Å². The molecule has 2 rings (SSSR count).